The van der Waals surface area contributed by atoms with Crippen molar-refractivity contribution in [2.75, 3.05) is 0 Å². The summed E-state index contributed by atoms with van der Waals surface area (Å²) in [6, 6.07) is 0.591. The largest absolute Gasteiger partial charge is 0.376 e. The average Bonchev–Trinajstić information content (AvgIpc) is 2.05. The van der Waals surface area contributed by atoms with E-state index in [0.29, 0.717) is 6.04 Å². The van der Waals surface area contributed by atoms with Crippen LogP contribution in [0.2, 0.25) is 0 Å². The highest BCUT2D eigenvalue weighted by Gasteiger charge is 2.18. The van der Waals surface area contributed by atoms with Gasteiger partial charge in [-0.25, -0.2) is 0 Å². The standard InChI is InChI=1S/C8H17NOSi/c1-7(10)9(11)8-5-3-2-4-6-8/h8H,2-6H2,1,11H3. The van der Waals surface area contributed by atoms with E-state index >= 15 is 0 Å². The summed E-state index contributed by atoms with van der Waals surface area (Å²) in [4.78, 5) is 11.0. The second kappa shape index (κ2) is 3.90. The van der Waals surface area contributed by atoms with E-state index in [1.54, 1.807) is 6.92 Å². The van der Waals surface area contributed by atoms with Crippen LogP contribution in [0.3, 0.4) is 0 Å². The predicted molar refractivity (Wildman–Crippen MR) is 49.3 cm³/mol. The first-order valence-electron chi connectivity index (χ1n) is 4.45. The molecule has 0 aromatic carbocycles. The van der Waals surface area contributed by atoms with Crippen LogP contribution < -0.4 is 0 Å². The van der Waals surface area contributed by atoms with Gasteiger partial charge in [0, 0.05) is 13.0 Å². The molecule has 1 aliphatic carbocycles. The fourth-order valence-corrected chi connectivity index (χ4v) is 2.24. The number of carbonyl (C=O) groups excluding carboxylic acids is 1. The van der Waals surface area contributed by atoms with Crippen LogP contribution in [0.15, 0.2) is 0 Å². The SMILES string of the molecule is CC(=O)N([SiH3])C1CCCCC1. The number of nitrogens with zero attached hydrogens (tertiary/aromatic N) is 1. The lowest BCUT2D eigenvalue weighted by Gasteiger charge is -2.30. The molecule has 0 radical (unpaired) electrons. The molecule has 11 heavy (non-hydrogen) atoms. The third-order valence-corrected chi connectivity index (χ3v) is 3.98. The van der Waals surface area contributed by atoms with Crippen LogP contribution in [0, 0.1) is 0 Å². The second-order valence-corrected chi connectivity index (χ2v) is 4.39. The van der Waals surface area contributed by atoms with Gasteiger partial charge in [-0.15, -0.1) is 0 Å². The minimum atomic E-state index is 0.267. The maximum absolute atomic E-state index is 11.0. The van der Waals surface area contributed by atoms with Gasteiger partial charge in [0.05, 0.1) is 0 Å². The van der Waals surface area contributed by atoms with Crippen molar-refractivity contribution in [1.29, 1.82) is 0 Å². The van der Waals surface area contributed by atoms with Gasteiger partial charge in [0.1, 0.15) is 10.4 Å². The molecule has 0 atom stereocenters. The molecule has 2 nitrogen and oxygen atoms in total. The molecule has 0 aromatic heterocycles. The van der Waals surface area contributed by atoms with E-state index in [1.165, 1.54) is 32.1 Å². The molecule has 0 aliphatic heterocycles. The minimum Gasteiger partial charge on any atom is -0.376 e. The van der Waals surface area contributed by atoms with E-state index in [-0.39, 0.29) is 5.91 Å². The Bertz CT molecular complexity index is 143. The van der Waals surface area contributed by atoms with Gasteiger partial charge < -0.3 is 4.57 Å². The van der Waals surface area contributed by atoms with Gasteiger partial charge in [0.15, 0.2) is 0 Å². The van der Waals surface area contributed by atoms with Crippen molar-refractivity contribution in [2.45, 2.75) is 45.1 Å². The van der Waals surface area contributed by atoms with E-state index in [2.05, 4.69) is 0 Å². The van der Waals surface area contributed by atoms with Gasteiger partial charge in [-0.1, -0.05) is 19.3 Å². The molecule has 3 heteroatoms. The van der Waals surface area contributed by atoms with E-state index < -0.39 is 0 Å². The Morgan fingerprint density at radius 2 is 1.91 bits per heavy atom. The molecule has 0 spiro atoms. The average molecular weight is 171 g/mol. The zero-order chi connectivity index (χ0) is 8.27. The molecule has 0 aromatic rings. The van der Waals surface area contributed by atoms with Crippen LogP contribution in [0.25, 0.3) is 0 Å². The summed E-state index contributed by atoms with van der Waals surface area (Å²) in [6.07, 6.45) is 6.48. The monoisotopic (exact) mass is 171 g/mol. The van der Waals surface area contributed by atoms with E-state index in [9.17, 15) is 4.79 Å². The number of rotatable bonds is 1. The molecule has 1 saturated carbocycles. The van der Waals surface area contributed by atoms with Crippen LogP contribution in [0.5, 0.6) is 0 Å². The van der Waals surface area contributed by atoms with E-state index in [0.717, 1.165) is 10.4 Å². The molecule has 1 amide bonds. The summed E-state index contributed by atoms with van der Waals surface area (Å²) in [5, 5.41) is 0. The molecule has 0 N–H and O–H groups in total. The third-order valence-electron chi connectivity index (χ3n) is 2.62. The number of carbonyl (C=O) groups is 1. The molecular formula is C8H17NOSi. The molecule has 1 rings (SSSR count). The van der Waals surface area contributed by atoms with E-state index in [1.807, 2.05) is 4.57 Å². The highest BCUT2D eigenvalue weighted by Crippen LogP contribution is 2.21. The maximum Gasteiger partial charge on any atom is 0.211 e. The summed E-state index contributed by atoms with van der Waals surface area (Å²) in [6.45, 7) is 1.68. The highest BCUT2D eigenvalue weighted by molar-refractivity contribution is 6.13. The zero-order valence-electron chi connectivity index (χ0n) is 7.47. The topological polar surface area (TPSA) is 20.3 Å². The lowest BCUT2D eigenvalue weighted by molar-refractivity contribution is -0.126. The van der Waals surface area contributed by atoms with Crippen molar-refractivity contribution in [2.24, 2.45) is 0 Å². The van der Waals surface area contributed by atoms with Gasteiger partial charge in [-0.05, 0) is 12.8 Å². The third kappa shape index (κ3) is 2.33. The van der Waals surface area contributed by atoms with Crippen LogP contribution in [-0.4, -0.2) is 26.9 Å². The van der Waals surface area contributed by atoms with Crippen molar-refractivity contribution >= 4 is 16.3 Å². The Labute approximate surface area is 71.5 Å². The summed E-state index contributed by atoms with van der Waals surface area (Å²) >= 11 is 0. The van der Waals surface area contributed by atoms with Crippen molar-refractivity contribution in [3.8, 4) is 0 Å². The van der Waals surface area contributed by atoms with Crippen molar-refractivity contribution in [3.05, 3.63) is 0 Å². The second-order valence-electron chi connectivity index (χ2n) is 3.42. The van der Waals surface area contributed by atoms with Crippen molar-refractivity contribution in [1.82, 2.24) is 4.57 Å². The number of hydrogen-bond acceptors (Lipinski definition) is 1. The summed E-state index contributed by atoms with van der Waals surface area (Å²) in [5.41, 5.74) is 0. The Hall–Kier alpha value is -0.313. The minimum absolute atomic E-state index is 0.267. The quantitative estimate of drug-likeness (QED) is 0.525. The normalized spacial score (nSPS) is 20.1. The Morgan fingerprint density at radius 3 is 2.36 bits per heavy atom. The number of amides is 1. The fraction of sp³-hybridized carbons (Fsp3) is 0.875. The summed E-state index contributed by atoms with van der Waals surface area (Å²) < 4.78 is 2.03. The molecular weight excluding hydrogens is 154 g/mol. The first-order valence-corrected chi connectivity index (χ1v) is 5.34. The molecule has 1 fully saturated rings. The molecule has 64 valence electrons. The number of hydrogen-bond donors (Lipinski definition) is 0. The van der Waals surface area contributed by atoms with Crippen LogP contribution in [-0.2, 0) is 4.79 Å². The Morgan fingerprint density at radius 1 is 1.36 bits per heavy atom. The summed E-state index contributed by atoms with van der Waals surface area (Å²) in [5.74, 6) is 0.267. The van der Waals surface area contributed by atoms with Gasteiger partial charge in [-0.2, -0.15) is 0 Å². The molecule has 0 bridgehead atoms. The van der Waals surface area contributed by atoms with E-state index in [4.69, 9.17) is 0 Å². The maximum atomic E-state index is 11.0. The van der Waals surface area contributed by atoms with Crippen LogP contribution in [0.1, 0.15) is 39.0 Å². The fourth-order valence-electron chi connectivity index (χ4n) is 1.73. The highest BCUT2D eigenvalue weighted by atomic mass is 28.2. The van der Waals surface area contributed by atoms with Crippen LogP contribution >= 0.6 is 0 Å². The lowest BCUT2D eigenvalue weighted by Crippen LogP contribution is -2.37. The molecule has 0 heterocycles. The molecule has 0 unspecified atom stereocenters. The first kappa shape index (κ1) is 8.78. The smallest absolute Gasteiger partial charge is 0.211 e. The zero-order valence-corrected chi connectivity index (χ0v) is 9.47. The van der Waals surface area contributed by atoms with Gasteiger partial charge in [-0.3, -0.25) is 4.79 Å². The Kier molecular flexibility index (Phi) is 3.11. The van der Waals surface area contributed by atoms with Crippen molar-refractivity contribution < 1.29 is 4.79 Å². The van der Waals surface area contributed by atoms with Gasteiger partial charge in [0.2, 0.25) is 5.91 Å². The summed E-state index contributed by atoms with van der Waals surface area (Å²) in [7, 11) is 0.898. The molecule has 1 aliphatic rings. The first-order chi connectivity index (χ1) is 5.22. The Balaban J connectivity index is 2.38. The predicted octanol–water partition coefficient (Wildman–Crippen LogP) is 0.448. The van der Waals surface area contributed by atoms with Crippen LogP contribution in [0.4, 0.5) is 0 Å². The molecule has 0 saturated heterocycles. The van der Waals surface area contributed by atoms with Crippen molar-refractivity contribution in [3.63, 3.8) is 0 Å². The van der Waals surface area contributed by atoms with Gasteiger partial charge >= 0.3 is 0 Å². The lowest BCUT2D eigenvalue weighted by atomic mass is 9.95. The van der Waals surface area contributed by atoms with Gasteiger partial charge in [0.25, 0.3) is 0 Å².